The number of likely N-dealkylation sites (N-methyl/N-ethyl adjacent to an activating group) is 1. The van der Waals surface area contributed by atoms with Crippen molar-refractivity contribution in [1.82, 2.24) is 14.5 Å². The van der Waals surface area contributed by atoms with Crippen molar-refractivity contribution in [3.8, 4) is 0 Å². The number of hydrogen-bond donors (Lipinski definition) is 1. The number of nitrogens with one attached hydrogen (secondary N) is 1. The van der Waals surface area contributed by atoms with Crippen molar-refractivity contribution in [2.45, 2.75) is 30.3 Å². The van der Waals surface area contributed by atoms with E-state index in [4.69, 9.17) is 11.6 Å². The summed E-state index contributed by atoms with van der Waals surface area (Å²) < 4.78 is 26.6. The van der Waals surface area contributed by atoms with Crippen molar-refractivity contribution in [2.24, 2.45) is 0 Å². The summed E-state index contributed by atoms with van der Waals surface area (Å²) in [5.74, 6) is -1.53. The van der Waals surface area contributed by atoms with E-state index in [1.54, 1.807) is 36.4 Å². The summed E-state index contributed by atoms with van der Waals surface area (Å²) in [4.78, 5) is 40.8. The number of halogens is 1. The molecule has 0 spiro atoms. The molecule has 1 aliphatic rings. The first-order chi connectivity index (χ1) is 17.7. The fourth-order valence-electron chi connectivity index (χ4n) is 4.32. The molecule has 37 heavy (non-hydrogen) atoms. The van der Waals surface area contributed by atoms with Gasteiger partial charge < -0.3 is 10.2 Å². The van der Waals surface area contributed by atoms with Crippen molar-refractivity contribution in [3.63, 3.8) is 0 Å². The molecular formula is C27H26ClN3O5S. The smallest absolute Gasteiger partial charge is 0.269 e. The number of hydrogen-bond acceptors (Lipinski definition) is 5. The van der Waals surface area contributed by atoms with E-state index in [1.165, 1.54) is 24.1 Å². The third-order valence-electron chi connectivity index (χ3n) is 6.26. The van der Waals surface area contributed by atoms with E-state index in [-0.39, 0.29) is 42.3 Å². The number of carbonyl (C=O) groups excluding carboxylic acids is 3. The molecule has 192 valence electrons. The first-order valence-electron chi connectivity index (χ1n) is 11.7. The largest absolute Gasteiger partial charge is 0.357 e. The molecule has 3 aromatic rings. The zero-order valence-corrected chi connectivity index (χ0v) is 21.7. The van der Waals surface area contributed by atoms with Crippen LogP contribution >= 0.6 is 11.6 Å². The van der Waals surface area contributed by atoms with Gasteiger partial charge in [0, 0.05) is 38.0 Å². The van der Waals surface area contributed by atoms with Crippen LogP contribution in [0.5, 0.6) is 0 Å². The molecule has 0 fully saturated rings. The fourth-order valence-corrected chi connectivity index (χ4v) is 6.09. The zero-order valence-electron chi connectivity index (χ0n) is 20.1. The highest BCUT2D eigenvalue weighted by Gasteiger charge is 2.41. The highest BCUT2D eigenvalue weighted by atomic mass is 35.5. The van der Waals surface area contributed by atoms with Gasteiger partial charge in [0.2, 0.25) is 11.8 Å². The van der Waals surface area contributed by atoms with E-state index in [0.717, 1.165) is 9.87 Å². The Morgan fingerprint density at radius 2 is 1.62 bits per heavy atom. The van der Waals surface area contributed by atoms with Crippen LogP contribution in [-0.4, -0.2) is 55.0 Å². The average molecular weight is 540 g/mol. The Labute approximate surface area is 220 Å². The molecule has 0 bridgehead atoms. The quantitative estimate of drug-likeness (QED) is 0.449. The molecule has 1 atom stereocenters. The molecule has 3 amide bonds. The number of nitrogens with zero attached hydrogens (tertiary/aromatic N) is 2. The minimum atomic E-state index is -4.06. The van der Waals surface area contributed by atoms with Crippen LogP contribution in [-0.2, 0) is 32.6 Å². The van der Waals surface area contributed by atoms with Crippen LogP contribution in [0.2, 0.25) is 5.02 Å². The van der Waals surface area contributed by atoms with Gasteiger partial charge in [0.15, 0.2) is 0 Å². The van der Waals surface area contributed by atoms with Gasteiger partial charge in [-0.15, -0.1) is 0 Å². The number of sulfonamides is 1. The lowest BCUT2D eigenvalue weighted by Gasteiger charge is -2.32. The molecule has 0 aromatic heterocycles. The highest BCUT2D eigenvalue weighted by Crippen LogP contribution is 2.30. The predicted octanol–water partition coefficient (Wildman–Crippen LogP) is 3.26. The Balaban J connectivity index is 1.62. The molecule has 1 heterocycles. The normalized spacial score (nSPS) is 14.6. The predicted molar refractivity (Wildman–Crippen MR) is 139 cm³/mol. The molecule has 0 aliphatic carbocycles. The molecule has 10 heteroatoms. The lowest BCUT2D eigenvalue weighted by Crippen LogP contribution is -2.50. The monoisotopic (exact) mass is 539 g/mol. The number of carbonyl (C=O) groups is 3. The Kier molecular flexibility index (Phi) is 7.94. The highest BCUT2D eigenvalue weighted by molar-refractivity contribution is 7.90. The third-order valence-corrected chi connectivity index (χ3v) is 8.47. The van der Waals surface area contributed by atoms with Gasteiger partial charge in [-0.05, 0) is 29.3 Å². The maximum absolute atomic E-state index is 13.6. The Hall–Kier alpha value is -3.69. The van der Waals surface area contributed by atoms with E-state index in [9.17, 15) is 22.8 Å². The number of benzene rings is 3. The second kappa shape index (κ2) is 11.1. The van der Waals surface area contributed by atoms with Gasteiger partial charge in [-0.1, -0.05) is 72.3 Å². The van der Waals surface area contributed by atoms with E-state index < -0.39 is 27.9 Å². The fraction of sp³-hybridized carbons (Fsp3) is 0.222. The van der Waals surface area contributed by atoms with Gasteiger partial charge in [0.1, 0.15) is 10.9 Å². The van der Waals surface area contributed by atoms with Crippen molar-refractivity contribution < 1.29 is 22.8 Å². The summed E-state index contributed by atoms with van der Waals surface area (Å²) in [6.45, 7) is -0.316. The SMILES string of the molecule is CNC(=O)[C@@H](Cc1ccccc1)N(Cc1ccccc1Cl)C(=O)CCN1C(=O)c2ccccc2S1(=O)=O. The van der Waals surface area contributed by atoms with Crippen molar-refractivity contribution in [2.75, 3.05) is 13.6 Å². The molecule has 0 radical (unpaired) electrons. The Morgan fingerprint density at radius 3 is 2.30 bits per heavy atom. The first-order valence-corrected chi connectivity index (χ1v) is 13.5. The number of rotatable bonds is 9. The molecule has 0 unspecified atom stereocenters. The summed E-state index contributed by atoms with van der Waals surface area (Å²) in [7, 11) is -2.57. The molecule has 4 rings (SSSR count). The van der Waals surface area contributed by atoms with Crippen molar-refractivity contribution in [3.05, 3.63) is 101 Å². The van der Waals surface area contributed by atoms with Gasteiger partial charge in [-0.25, -0.2) is 12.7 Å². The third kappa shape index (κ3) is 5.52. The van der Waals surface area contributed by atoms with Crippen LogP contribution in [0.4, 0.5) is 0 Å². The van der Waals surface area contributed by atoms with Gasteiger partial charge in [0.25, 0.3) is 15.9 Å². The van der Waals surface area contributed by atoms with Gasteiger partial charge in [-0.2, -0.15) is 0 Å². The minimum Gasteiger partial charge on any atom is -0.357 e. The van der Waals surface area contributed by atoms with Gasteiger partial charge in [-0.3, -0.25) is 14.4 Å². The average Bonchev–Trinajstić information content (AvgIpc) is 3.10. The second-order valence-electron chi connectivity index (χ2n) is 8.56. The minimum absolute atomic E-state index is 0.0321. The van der Waals surface area contributed by atoms with Gasteiger partial charge in [0.05, 0.1) is 5.56 Å². The second-order valence-corrected chi connectivity index (χ2v) is 10.8. The van der Waals surface area contributed by atoms with Crippen LogP contribution in [0.25, 0.3) is 0 Å². The van der Waals surface area contributed by atoms with Crippen molar-refractivity contribution in [1.29, 1.82) is 0 Å². The maximum atomic E-state index is 13.6. The molecule has 1 aliphatic heterocycles. The summed E-state index contributed by atoms with van der Waals surface area (Å²) in [6, 6.07) is 21.3. The summed E-state index contributed by atoms with van der Waals surface area (Å²) in [6.07, 6.45) is -0.0607. The lowest BCUT2D eigenvalue weighted by atomic mass is 10.0. The van der Waals surface area contributed by atoms with Crippen LogP contribution in [0, 0.1) is 0 Å². The summed E-state index contributed by atoms with van der Waals surface area (Å²) in [5, 5.41) is 3.06. The van der Waals surface area contributed by atoms with E-state index in [1.807, 2.05) is 30.3 Å². The zero-order chi connectivity index (χ0) is 26.6. The first kappa shape index (κ1) is 26.4. The Bertz CT molecular complexity index is 1430. The lowest BCUT2D eigenvalue weighted by molar-refractivity contribution is -0.141. The van der Waals surface area contributed by atoms with E-state index in [2.05, 4.69) is 5.32 Å². The Morgan fingerprint density at radius 1 is 0.973 bits per heavy atom. The van der Waals surface area contributed by atoms with E-state index in [0.29, 0.717) is 10.6 Å². The summed E-state index contributed by atoms with van der Waals surface area (Å²) >= 11 is 6.37. The van der Waals surface area contributed by atoms with E-state index >= 15 is 0 Å². The van der Waals surface area contributed by atoms with Crippen LogP contribution in [0.15, 0.2) is 83.8 Å². The molecule has 0 saturated carbocycles. The molecule has 1 N–H and O–H groups in total. The van der Waals surface area contributed by atoms with Crippen LogP contribution < -0.4 is 5.32 Å². The number of amides is 3. The molecule has 0 saturated heterocycles. The standard InChI is InChI=1S/C27H26ClN3O5S/c1-29-26(33)23(17-19-9-3-2-4-10-19)30(18-20-11-5-7-13-22(20)28)25(32)15-16-31-27(34)21-12-6-8-14-24(21)37(31,35)36/h2-14,23H,15-18H2,1H3,(H,29,33)/t23-/m1/s1. The molecular weight excluding hydrogens is 514 g/mol. The van der Waals surface area contributed by atoms with Crippen LogP contribution in [0.1, 0.15) is 27.9 Å². The van der Waals surface area contributed by atoms with Gasteiger partial charge >= 0.3 is 0 Å². The molecule has 3 aromatic carbocycles. The molecule has 8 nitrogen and oxygen atoms in total. The maximum Gasteiger partial charge on any atom is 0.269 e. The van der Waals surface area contributed by atoms with Crippen molar-refractivity contribution >= 4 is 39.3 Å². The topological polar surface area (TPSA) is 104 Å². The number of fused-ring (bicyclic) bond motifs is 1. The van der Waals surface area contributed by atoms with Crippen LogP contribution in [0.3, 0.4) is 0 Å². The summed E-state index contributed by atoms with van der Waals surface area (Å²) in [5.41, 5.74) is 1.56.